The van der Waals surface area contributed by atoms with E-state index in [2.05, 4.69) is 10.6 Å². The minimum absolute atomic E-state index is 0.126. The molecular weight excluding hydrogens is 271 g/mol. The molecule has 0 saturated heterocycles. The molecule has 0 aliphatic carbocycles. The summed E-state index contributed by atoms with van der Waals surface area (Å²) in [6.45, 7) is 6.14. The molecule has 0 aliphatic heterocycles. The van der Waals surface area contributed by atoms with Crippen LogP contribution in [-0.4, -0.2) is 25.1 Å². The van der Waals surface area contributed by atoms with E-state index in [-0.39, 0.29) is 17.7 Å². The van der Waals surface area contributed by atoms with Gasteiger partial charge in [0, 0.05) is 18.2 Å². The zero-order valence-corrected chi connectivity index (χ0v) is 13.2. The van der Waals surface area contributed by atoms with Crippen LogP contribution >= 0.6 is 0 Å². The molecular formula is C16H25FN2O2. The second-order valence-corrected chi connectivity index (χ2v) is 5.04. The molecule has 0 spiro atoms. The van der Waals surface area contributed by atoms with Crippen LogP contribution in [0.2, 0.25) is 0 Å². The second-order valence-electron chi connectivity index (χ2n) is 5.04. The van der Waals surface area contributed by atoms with Crippen molar-refractivity contribution in [1.29, 1.82) is 0 Å². The van der Waals surface area contributed by atoms with E-state index in [1.54, 1.807) is 26.1 Å². The first-order chi connectivity index (χ1) is 10.0. The van der Waals surface area contributed by atoms with Gasteiger partial charge in [0.25, 0.3) is 5.91 Å². The molecule has 0 aliphatic rings. The van der Waals surface area contributed by atoms with E-state index in [1.165, 1.54) is 6.07 Å². The molecule has 5 heteroatoms. The van der Waals surface area contributed by atoms with Gasteiger partial charge in [-0.3, -0.25) is 4.79 Å². The molecule has 1 aromatic carbocycles. The van der Waals surface area contributed by atoms with Crippen LogP contribution in [0.3, 0.4) is 0 Å². The molecule has 2 N–H and O–H groups in total. The van der Waals surface area contributed by atoms with Gasteiger partial charge in [-0.2, -0.15) is 0 Å². The maximum Gasteiger partial charge on any atom is 0.260 e. The number of amides is 1. The van der Waals surface area contributed by atoms with Crippen LogP contribution in [0.4, 0.5) is 4.39 Å². The predicted octanol–water partition coefficient (Wildman–Crippen LogP) is 2.62. The Balaban J connectivity index is 2.78. The number of benzene rings is 1. The van der Waals surface area contributed by atoms with Crippen LogP contribution in [-0.2, 0) is 11.3 Å². The first-order valence-electron chi connectivity index (χ1n) is 7.42. The van der Waals surface area contributed by atoms with Gasteiger partial charge in [0.05, 0.1) is 0 Å². The Labute approximate surface area is 126 Å². The van der Waals surface area contributed by atoms with E-state index in [0.29, 0.717) is 12.1 Å². The molecule has 4 nitrogen and oxygen atoms in total. The van der Waals surface area contributed by atoms with Crippen molar-refractivity contribution in [3.8, 4) is 5.75 Å². The van der Waals surface area contributed by atoms with Crippen molar-refractivity contribution in [2.75, 3.05) is 7.05 Å². The van der Waals surface area contributed by atoms with Gasteiger partial charge in [-0.05, 0) is 32.9 Å². The third kappa shape index (κ3) is 5.01. The van der Waals surface area contributed by atoms with Crippen LogP contribution in [0.15, 0.2) is 18.2 Å². The first-order valence-corrected chi connectivity index (χ1v) is 7.42. The number of rotatable bonds is 8. The molecule has 1 atom stereocenters. The van der Waals surface area contributed by atoms with E-state index < -0.39 is 11.9 Å². The zero-order chi connectivity index (χ0) is 15.8. The molecule has 21 heavy (non-hydrogen) atoms. The summed E-state index contributed by atoms with van der Waals surface area (Å²) in [6.07, 6.45) is 0.984. The maximum atomic E-state index is 13.9. The lowest BCUT2D eigenvalue weighted by molar-refractivity contribution is -0.128. The molecule has 0 fully saturated rings. The van der Waals surface area contributed by atoms with Gasteiger partial charge >= 0.3 is 0 Å². The Kier molecular flexibility index (Phi) is 7.15. The highest BCUT2D eigenvalue weighted by Gasteiger charge is 2.20. The molecule has 0 aromatic heterocycles. The van der Waals surface area contributed by atoms with E-state index in [4.69, 9.17) is 4.74 Å². The largest absolute Gasteiger partial charge is 0.477 e. The number of halogens is 1. The van der Waals surface area contributed by atoms with Crippen LogP contribution in [0, 0.1) is 5.82 Å². The lowest BCUT2D eigenvalue weighted by Crippen LogP contribution is -2.42. The summed E-state index contributed by atoms with van der Waals surface area (Å²) in [6, 6.07) is 4.87. The first kappa shape index (κ1) is 17.4. The highest BCUT2D eigenvalue weighted by molar-refractivity contribution is 5.81. The highest BCUT2D eigenvalue weighted by atomic mass is 19.1. The number of hydrogen-bond acceptors (Lipinski definition) is 3. The summed E-state index contributed by atoms with van der Waals surface area (Å²) < 4.78 is 19.5. The summed E-state index contributed by atoms with van der Waals surface area (Å²) in [5.74, 6) is -0.536. The van der Waals surface area contributed by atoms with Gasteiger partial charge in [0.15, 0.2) is 17.7 Å². The van der Waals surface area contributed by atoms with Gasteiger partial charge in [0.1, 0.15) is 0 Å². The number of nitrogens with one attached hydrogen (secondary N) is 2. The Bertz CT molecular complexity index is 462. The Morgan fingerprint density at radius 3 is 2.57 bits per heavy atom. The van der Waals surface area contributed by atoms with Crippen molar-refractivity contribution in [1.82, 2.24) is 10.6 Å². The number of hydrogen-bond donors (Lipinski definition) is 2. The molecule has 0 radical (unpaired) electrons. The van der Waals surface area contributed by atoms with Crippen LogP contribution < -0.4 is 15.4 Å². The van der Waals surface area contributed by atoms with Gasteiger partial charge in [-0.25, -0.2) is 4.39 Å². The Morgan fingerprint density at radius 2 is 2.00 bits per heavy atom. The van der Waals surface area contributed by atoms with Gasteiger partial charge in [0.2, 0.25) is 0 Å². The smallest absolute Gasteiger partial charge is 0.260 e. The molecule has 1 aromatic rings. The molecule has 0 bridgehead atoms. The zero-order valence-electron chi connectivity index (χ0n) is 13.2. The molecule has 1 rings (SSSR count). The third-order valence-electron chi connectivity index (χ3n) is 3.41. The van der Waals surface area contributed by atoms with Gasteiger partial charge in [-0.1, -0.05) is 26.0 Å². The average molecular weight is 296 g/mol. The summed E-state index contributed by atoms with van der Waals surface area (Å²) in [5, 5.41) is 5.86. The van der Waals surface area contributed by atoms with Crippen molar-refractivity contribution in [2.24, 2.45) is 0 Å². The standard InChI is InChI=1S/C16H25FN2O2/c1-5-13(6-2)19-16(20)11(3)21-15-12(10-18-4)8-7-9-14(15)17/h7-9,11,13,18H,5-6,10H2,1-4H3,(H,19,20). The monoisotopic (exact) mass is 296 g/mol. The van der Waals surface area contributed by atoms with E-state index >= 15 is 0 Å². The highest BCUT2D eigenvalue weighted by Crippen LogP contribution is 2.23. The Morgan fingerprint density at radius 1 is 1.33 bits per heavy atom. The average Bonchev–Trinajstić information content (AvgIpc) is 2.48. The van der Waals surface area contributed by atoms with Crippen LogP contribution in [0.1, 0.15) is 39.2 Å². The SMILES string of the molecule is CCC(CC)NC(=O)C(C)Oc1c(F)cccc1CNC. The number of carbonyl (C=O) groups excluding carboxylic acids is 1. The number of ether oxygens (including phenoxy) is 1. The fourth-order valence-electron chi connectivity index (χ4n) is 2.06. The summed E-state index contributed by atoms with van der Waals surface area (Å²) in [7, 11) is 1.78. The maximum absolute atomic E-state index is 13.9. The molecule has 118 valence electrons. The third-order valence-corrected chi connectivity index (χ3v) is 3.41. The molecule has 1 unspecified atom stereocenters. The Hall–Kier alpha value is -1.62. The topological polar surface area (TPSA) is 50.4 Å². The molecule has 0 heterocycles. The van der Waals surface area contributed by atoms with Gasteiger partial charge < -0.3 is 15.4 Å². The fourth-order valence-corrected chi connectivity index (χ4v) is 2.06. The number of carbonyl (C=O) groups is 1. The van der Waals surface area contributed by atoms with E-state index in [0.717, 1.165) is 12.8 Å². The van der Waals surface area contributed by atoms with Gasteiger partial charge in [-0.15, -0.1) is 0 Å². The summed E-state index contributed by atoms with van der Waals surface area (Å²) in [5.41, 5.74) is 0.694. The quantitative estimate of drug-likeness (QED) is 0.775. The van der Waals surface area contributed by atoms with Crippen molar-refractivity contribution in [3.63, 3.8) is 0 Å². The van der Waals surface area contributed by atoms with Crippen molar-refractivity contribution < 1.29 is 13.9 Å². The van der Waals surface area contributed by atoms with Crippen LogP contribution in [0.25, 0.3) is 0 Å². The molecule has 0 saturated carbocycles. The van der Waals surface area contributed by atoms with Crippen molar-refractivity contribution in [3.05, 3.63) is 29.6 Å². The van der Waals surface area contributed by atoms with Crippen LogP contribution in [0.5, 0.6) is 5.75 Å². The normalized spacial score (nSPS) is 12.3. The second kappa shape index (κ2) is 8.62. The van der Waals surface area contributed by atoms with Crippen molar-refractivity contribution >= 4 is 5.91 Å². The lowest BCUT2D eigenvalue weighted by atomic mass is 10.1. The minimum atomic E-state index is -0.738. The van der Waals surface area contributed by atoms with Crippen molar-refractivity contribution in [2.45, 2.75) is 52.3 Å². The molecule has 1 amide bonds. The van der Waals surface area contributed by atoms with E-state index in [1.807, 2.05) is 13.8 Å². The summed E-state index contributed by atoms with van der Waals surface area (Å²) >= 11 is 0. The predicted molar refractivity (Wildman–Crippen MR) is 81.8 cm³/mol. The van der Waals surface area contributed by atoms with E-state index in [9.17, 15) is 9.18 Å². The minimum Gasteiger partial charge on any atom is -0.477 e. The summed E-state index contributed by atoms with van der Waals surface area (Å²) in [4.78, 5) is 12.1. The number of para-hydroxylation sites is 1. The lowest BCUT2D eigenvalue weighted by Gasteiger charge is -2.21. The fraction of sp³-hybridized carbons (Fsp3) is 0.562.